The van der Waals surface area contributed by atoms with Crippen LogP contribution in [-0.2, 0) is 11.2 Å². The van der Waals surface area contributed by atoms with Crippen LogP contribution in [-0.4, -0.2) is 68.4 Å². The van der Waals surface area contributed by atoms with Crippen LogP contribution in [0.4, 0.5) is 4.79 Å². The number of carbonyl (C=O) groups is 1. The Bertz CT molecular complexity index is 696. The number of hydrogen-bond acceptors (Lipinski definition) is 6. The molecular weight excluding hydrogens is 334 g/mol. The van der Waals surface area contributed by atoms with Crippen LogP contribution in [0.2, 0.25) is 0 Å². The van der Waals surface area contributed by atoms with Crippen molar-refractivity contribution in [3.63, 3.8) is 0 Å². The molecule has 0 radical (unpaired) electrons. The molecule has 1 amide bonds. The van der Waals surface area contributed by atoms with E-state index in [0.717, 1.165) is 50.4 Å². The van der Waals surface area contributed by atoms with Gasteiger partial charge in [-0.05, 0) is 42.5 Å². The normalized spacial score (nSPS) is 28.8. The minimum Gasteiger partial charge on any atom is -0.493 e. The van der Waals surface area contributed by atoms with E-state index >= 15 is 0 Å². The number of methoxy groups -OCH3 is 2. The molecule has 0 saturated carbocycles. The zero-order valence-electron chi connectivity index (χ0n) is 15.4. The highest BCUT2D eigenvalue weighted by molar-refractivity contribution is 5.69. The second-order valence-corrected chi connectivity index (χ2v) is 7.29. The van der Waals surface area contributed by atoms with Crippen LogP contribution in [0.5, 0.6) is 11.5 Å². The average molecular weight is 361 g/mol. The SMILES string of the molecule is COc1cc2c(cc1OC)C1CC(N)C(N3CCCOC3=O)CN1CC2. The van der Waals surface area contributed by atoms with Crippen LogP contribution in [0.3, 0.4) is 0 Å². The highest BCUT2D eigenvalue weighted by Gasteiger charge is 2.42. The van der Waals surface area contributed by atoms with Gasteiger partial charge in [-0.2, -0.15) is 0 Å². The van der Waals surface area contributed by atoms with E-state index < -0.39 is 0 Å². The monoisotopic (exact) mass is 361 g/mol. The number of nitrogens with two attached hydrogens (primary N) is 1. The summed E-state index contributed by atoms with van der Waals surface area (Å²) in [7, 11) is 3.33. The molecule has 3 aliphatic heterocycles. The summed E-state index contributed by atoms with van der Waals surface area (Å²) in [5.74, 6) is 1.53. The van der Waals surface area contributed by atoms with Gasteiger partial charge in [-0.25, -0.2) is 4.79 Å². The molecule has 1 aromatic carbocycles. The van der Waals surface area contributed by atoms with Gasteiger partial charge in [-0.15, -0.1) is 0 Å². The number of cyclic esters (lactones) is 1. The van der Waals surface area contributed by atoms with E-state index in [2.05, 4.69) is 17.0 Å². The Morgan fingerprint density at radius 2 is 1.96 bits per heavy atom. The van der Waals surface area contributed by atoms with E-state index in [0.29, 0.717) is 6.61 Å². The van der Waals surface area contributed by atoms with Crippen LogP contribution in [0.25, 0.3) is 0 Å². The lowest BCUT2D eigenvalue weighted by molar-refractivity contribution is 0.00929. The number of benzene rings is 1. The number of carbonyl (C=O) groups excluding carboxylic acids is 1. The van der Waals surface area contributed by atoms with Crippen molar-refractivity contribution in [1.82, 2.24) is 9.80 Å². The molecule has 3 aliphatic rings. The first-order valence-corrected chi connectivity index (χ1v) is 9.30. The van der Waals surface area contributed by atoms with Gasteiger partial charge in [0.2, 0.25) is 0 Å². The van der Waals surface area contributed by atoms with Gasteiger partial charge >= 0.3 is 6.09 Å². The maximum Gasteiger partial charge on any atom is 0.410 e. The Kier molecular flexibility index (Phi) is 4.67. The minimum absolute atomic E-state index is 0.0146. The van der Waals surface area contributed by atoms with E-state index in [4.69, 9.17) is 19.9 Å². The zero-order valence-corrected chi connectivity index (χ0v) is 15.4. The van der Waals surface area contributed by atoms with E-state index in [1.54, 1.807) is 14.2 Å². The summed E-state index contributed by atoms with van der Waals surface area (Å²) in [6.07, 6.45) is 2.42. The highest BCUT2D eigenvalue weighted by atomic mass is 16.6. The quantitative estimate of drug-likeness (QED) is 0.880. The number of fused-ring (bicyclic) bond motifs is 3. The van der Waals surface area contributed by atoms with E-state index in [1.807, 2.05) is 4.90 Å². The molecule has 2 N–H and O–H groups in total. The summed E-state index contributed by atoms with van der Waals surface area (Å²) >= 11 is 0. The molecule has 3 unspecified atom stereocenters. The van der Waals surface area contributed by atoms with Crippen LogP contribution < -0.4 is 15.2 Å². The fourth-order valence-electron chi connectivity index (χ4n) is 4.56. The molecule has 3 atom stereocenters. The van der Waals surface area contributed by atoms with Crippen molar-refractivity contribution in [3.8, 4) is 11.5 Å². The predicted octanol–water partition coefficient (Wildman–Crippen LogP) is 1.54. The Labute approximate surface area is 154 Å². The number of amides is 1. The van der Waals surface area contributed by atoms with Gasteiger partial charge in [-0.3, -0.25) is 4.90 Å². The molecule has 26 heavy (non-hydrogen) atoms. The first-order valence-electron chi connectivity index (χ1n) is 9.30. The zero-order chi connectivity index (χ0) is 18.3. The molecule has 0 aromatic heterocycles. The van der Waals surface area contributed by atoms with E-state index in [1.165, 1.54) is 11.1 Å². The topological polar surface area (TPSA) is 77.3 Å². The van der Waals surface area contributed by atoms with E-state index in [-0.39, 0.29) is 24.2 Å². The lowest BCUT2D eigenvalue weighted by Crippen LogP contribution is -2.62. The Hall–Kier alpha value is -1.99. The first-order chi connectivity index (χ1) is 12.6. The molecule has 7 nitrogen and oxygen atoms in total. The van der Waals surface area contributed by atoms with Crippen LogP contribution in [0.1, 0.15) is 30.0 Å². The molecule has 4 rings (SSSR count). The van der Waals surface area contributed by atoms with Gasteiger partial charge in [0.1, 0.15) is 0 Å². The number of piperidine rings is 1. The summed E-state index contributed by atoms with van der Waals surface area (Å²) in [4.78, 5) is 16.4. The number of rotatable bonds is 3. The second kappa shape index (κ2) is 6.96. The first kappa shape index (κ1) is 17.4. The van der Waals surface area contributed by atoms with Gasteiger partial charge in [0.05, 0.1) is 26.9 Å². The van der Waals surface area contributed by atoms with Gasteiger partial charge in [0.15, 0.2) is 11.5 Å². The summed E-state index contributed by atoms with van der Waals surface area (Å²) in [5, 5.41) is 0. The summed E-state index contributed by atoms with van der Waals surface area (Å²) in [6.45, 7) is 2.99. The smallest absolute Gasteiger partial charge is 0.410 e. The summed E-state index contributed by atoms with van der Waals surface area (Å²) in [5.41, 5.74) is 9.10. The van der Waals surface area contributed by atoms with Crippen molar-refractivity contribution in [2.24, 2.45) is 5.73 Å². The molecule has 0 aliphatic carbocycles. The lowest BCUT2D eigenvalue weighted by Gasteiger charge is -2.49. The molecule has 0 spiro atoms. The molecule has 2 saturated heterocycles. The van der Waals surface area contributed by atoms with Crippen molar-refractivity contribution in [2.75, 3.05) is 40.5 Å². The standard InChI is InChI=1S/C19H27N3O4/c1-24-17-8-12-4-6-21-11-16(22-5-3-7-26-19(22)23)14(20)10-15(21)13(12)9-18(17)25-2/h8-9,14-16H,3-7,10-11,20H2,1-2H3. The molecule has 142 valence electrons. The van der Waals surface area contributed by atoms with E-state index in [9.17, 15) is 4.79 Å². The van der Waals surface area contributed by atoms with Gasteiger partial charge in [0.25, 0.3) is 0 Å². The van der Waals surface area contributed by atoms with Gasteiger partial charge in [0, 0.05) is 31.7 Å². The lowest BCUT2D eigenvalue weighted by atomic mass is 9.82. The Balaban J connectivity index is 1.59. The maximum absolute atomic E-state index is 12.2. The van der Waals surface area contributed by atoms with Crippen LogP contribution in [0.15, 0.2) is 12.1 Å². The third-order valence-electron chi connectivity index (χ3n) is 5.93. The number of ether oxygens (including phenoxy) is 3. The number of hydrogen-bond donors (Lipinski definition) is 1. The fraction of sp³-hybridized carbons (Fsp3) is 0.632. The highest BCUT2D eigenvalue weighted by Crippen LogP contribution is 2.42. The predicted molar refractivity (Wildman–Crippen MR) is 96.6 cm³/mol. The fourth-order valence-corrected chi connectivity index (χ4v) is 4.56. The van der Waals surface area contributed by atoms with Crippen molar-refractivity contribution < 1.29 is 19.0 Å². The van der Waals surface area contributed by atoms with Gasteiger partial charge < -0.3 is 24.8 Å². The van der Waals surface area contributed by atoms with Crippen molar-refractivity contribution >= 4 is 6.09 Å². The van der Waals surface area contributed by atoms with Gasteiger partial charge in [-0.1, -0.05) is 0 Å². The molecule has 2 fully saturated rings. The van der Waals surface area contributed by atoms with Crippen molar-refractivity contribution in [1.29, 1.82) is 0 Å². The molecule has 3 heterocycles. The third kappa shape index (κ3) is 2.89. The molecule has 0 bridgehead atoms. The van der Waals surface area contributed by atoms with Crippen LogP contribution >= 0.6 is 0 Å². The maximum atomic E-state index is 12.2. The number of nitrogens with zero attached hydrogens (tertiary/aromatic N) is 2. The van der Waals surface area contributed by atoms with Crippen LogP contribution in [0, 0.1) is 0 Å². The molecular formula is C19H27N3O4. The Morgan fingerprint density at radius 1 is 1.19 bits per heavy atom. The largest absolute Gasteiger partial charge is 0.493 e. The minimum atomic E-state index is -0.223. The average Bonchev–Trinajstić information content (AvgIpc) is 2.67. The molecule has 1 aromatic rings. The van der Waals surface area contributed by atoms with Crippen molar-refractivity contribution in [3.05, 3.63) is 23.3 Å². The second-order valence-electron chi connectivity index (χ2n) is 7.29. The molecule has 7 heteroatoms. The summed E-state index contributed by atoms with van der Waals surface area (Å²) < 4.78 is 16.2. The summed E-state index contributed by atoms with van der Waals surface area (Å²) in [6, 6.07) is 4.38. The van der Waals surface area contributed by atoms with Crippen molar-refractivity contribution in [2.45, 2.75) is 37.4 Å². The third-order valence-corrected chi connectivity index (χ3v) is 5.93. The Morgan fingerprint density at radius 3 is 2.69 bits per heavy atom.